The van der Waals surface area contributed by atoms with Gasteiger partial charge in [-0.05, 0) is 30.7 Å². The Morgan fingerprint density at radius 3 is 2.58 bits per heavy atom. The SMILES string of the molecule is CC(=O)Nc1ccc(S[C@H]2CCC(=O)NC2=O)cc1. The summed E-state index contributed by atoms with van der Waals surface area (Å²) in [4.78, 5) is 34.5. The van der Waals surface area contributed by atoms with Gasteiger partial charge >= 0.3 is 0 Å². The fourth-order valence-electron chi connectivity index (χ4n) is 1.77. The molecule has 1 heterocycles. The van der Waals surface area contributed by atoms with Crippen LogP contribution in [0.15, 0.2) is 29.2 Å². The van der Waals surface area contributed by atoms with Crippen LogP contribution in [0.3, 0.4) is 0 Å². The quantitative estimate of drug-likeness (QED) is 0.822. The molecule has 1 fully saturated rings. The third kappa shape index (κ3) is 3.82. The van der Waals surface area contributed by atoms with Gasteiger partial charge in [-0.3, -0.25) is 19.7 Å². The smallest absolute Gasteiger partial charge is 0.240 e. The van der Waals surface area contributed by atoms with Gasteiger partial charge in [0.2, 0.25) is 17.7 Å². The first-order valence-corrected chi connectivity index (χ1v) is 6.80. The normalized spacial score (nSPS) is 18.9. The van der Waals surface area contributed by atoms with Crippen molar-refractivity contribution in [3.8, 4) is 0 Å². The van der Waals surface area contributed by atoms with Crippen molar-refractivity contribution < 1.29 is 14.4 Å². The fraction of sp³-hybridized carbons (Fsp3) is 0.308. The molecule has 1 aliphatic rings. The monoisotopic (exact) mass is 278 g/mol. The van der Waals surface area contributed by atoms with Crippen LogP contribution in [0, 0.1) is 0 Å². The summed E-state index contributed by atoms with van der Waals surface area (Å²) in [7, 11) is 0. The third-order valence-electron chi connectivity index (χ3n) is 2.64. The molecule has 6 heteroatoms. The zero-order valence-electron chi connectivity index (χ0n) is 10.4. The molecule has 19 heavy (non-hydrogen) atoms. The molecule has 0 spiro atoms. The largest absolute Gasteiger partial charge is 0.326 e. The van der Waals surface area contributed by atoms with Crippen LogP contribution in [0.25, 0.3) is 0 Å². The predicted molar refractivity (Wildman–Crippen MR) is 72.8 cm³/mol. The Morgan fingerprint density at radius 1 is 1.32 bits per heavy atom. The summed E-state index contributed by atoms with van der Waals surface area (Å²) in [6, 6.07) is 7.27. The van der Waals surface area contributed by atoms with Crippen LogP contribution >= 0.6 is 11.8 Å². The molecule has 1 atom stereocenters. The number of carbonyl (C=O) groups is 3. The lowest BCUT2D eigenvalue weighted by molar-refractivity contribution is -0.132. The van der Waals surface area contributed by atoms with Gasteiger partial charge in [-0.25, -0.2) is 0 Å². The first-order chi connectivity index (χ1) is 9.04. The molecule has 0 radical (unpaired) electrons. The van der Waals surface area contributed by atoms with E-state index in [1.165, 1.54) is 18.7 Å². The zero-order chi connectivity index (χ0) is 13.8. The molecule has 1 aromatic carbocycles. The second kappa shape index (κ2) is 5.88. The number of thioether (sulfide) groups is 1. The lowest BCUT2D eigenvalue weighted by Gasteiger charge is -2.20. The number of carbonyl (C=O) groups excluding carboxylic acids is 3. The van der Waals surface area contributed by atoms with E-state index >= 15 is 0 Å². The molecule has 3 amide bonds. The summed E-state index contributed by atoms with van der Waals surface area (Å²) < 4.78 is 0. The molecular formula is C13H14N2O3S. The second-order valence-corrected chi connectivity index (χ2v) is 5.54. The van der Waals surface area contributed by atoms with E-state index in [4.69, 9.17) is 0 Å². The topological polar surface area (TPSA) is 75.3 Å². The molecule has 0 unspecified atom stereocenters. The predicted octanol–water partition coefficient (Wildman–Crippen LogP) is 1.54. The summed E-state index contributed by atoms with van der Waals surface area (Å²) in [5, 5.41) is 4.78. The fourth-order valence-corrected chi connectivity index (χ4v) is 2.79. The van der Waals surface area contributed by atoms with E-state index in [2.05, 4.69) is 10.6 Å². The molecule has 0 saturated carbocycles. The minimum absolute atomic E-state index is 0.120. The molecule has 5 nitrogen and oxygen atoms in total. The summed E-state index contributed by atoms with van der Waals surface area (Å²) in [6.07, 6.45) is 0.941. The van der Waals surface area contributed by atoms with Crippen molar-refractivity contribution in [3.05, 3.63) is 24.3 Å². The van der Waals surface area contributed by atoms with Gasteiger partial charge in [-0.1, -0.05) is 0 Å². The van der Waals surface area contributed by atoms with Gasteiger partial charge < -0.3 is 5.32 Å². The van der Waals surface area contributed by atoms with Gasteiger partial charge in [0.1, 0.15) is 0 Å². The highest BCUT2D eigenvalue weighted by atomic mass is 32.2. The van der Waals surface area contributed by atoms with Crippen molar-refractivity contribution in [1.82, 2.24) is 5.32 Å². The molecule has 0 aromatic heterocycles. The number of amides is 3. The van der Waals surface area contributed by atoms with E-state index in [-0.39, 0.29) is 23.0 Å². The number of nitrogens with one attached hydrogen (secondary N) is 2. The molecule has 100 valence electrons. The summed E-state index contributed by atoms with van der Waals surface area (Å²) in [6.45, 7) is 1.45. The summed E-state index contributed by atoms with van der Waals surface area (Å²) in [5.74, 6) is -0.555. The van der Waals surface area contributed by atoms with Gasteiger partial charge in [0.05, 0.1) is 5.25 Å². The van der Waals surface area contributed by atoms with Gasteiger partial charge in [-0.15, -0.1) is 11.8 Å². The number of benzene rings is 1. The average Bonchev–Trinajstić information content (AvgIpc) is 2.34. The zero-order valence-corrected chi connectivity index (χ0v) is 11.3. The lowest BCUT2D eigenvalue weighted by atomic mass is 10.1. The van der Waals surface area contributed by atoms with Crippen LogP contribution in [0.4, 0.5) is 5.69 Å². The highest BCUT2D eigenvalue weighted by Gasteiger charge is 2.27. The Bertz CT molecular complexity index is 513. The maximum Gasteiger partial charge on any atom is 0.240 e. The Kier molecular flexibility index (Phi) is 4.21. The van der Waals surface area contributed by atoms with Crippen LogP contribution in [0.5, 0.6) is 0 Å². The molecule has 2 N–H and O–H groups in total. The Balaban J connectivity index is 1.97. The summed E-state index contributed by atoms with van der Waals surface area (Å²) in [5.41, 5.74) is 0.722. The van der Waals surface area contributed by atoms with Crippen molar-refractivity contribution in [2.45, 2.75) is 29.9 Å². The molecule has 0 aliphatic carbocycles. The highest BCUT2D eigenvalue weighted by Crippen LogP contribution is 2.29. The van der Waals surface area contributed by atoms with Crippen LogP contribution in [-0.4, -0.2) is 23.0 Å². The van der Waals surface area contributed by atoms with E-state index in [0.717, 1.165) is 10.6 Å². The maximum absolute atomic E-state index is 11.6. The first-order valence-electron chi connectivity index (χ1n) is 5.92. The van der Waals surface area contributed by atoms with Crippen molar-refractivity contribution in [1.29, 1.82) is 0 Å². The molecule has 1 aliphatic heterocycles. The van der Waals surface area contributed by atoms with Crippen LogP contribution < -0.4 is 10.6 Å². The van der Waals surface area contributed by atoms with E-state index < -0.39 is 0 Å². The van der Waals surface area contributed by atoms with Gasteiger partial charge in [0, 0.05) is 23.9 Å². The lowest BCUT2D eigenvalue weighted by Crippen LogP contribution is -2.42. The summed E-state index contributed by atoms with van der Waals surface area (Å²) >= 11 is 1.43. The Labute approximate surface area is 115 Å². The number of rotatable bonds is 3. The number of hydrogen-bond donors (Lipinski definition) is 2. The van der Waals surface area contributed by atoms with Crippen LogP contribution in [-0.2, 0) is 14.4 Å². The van der Waals surface area contributed by atoms with E-state index in [1.54, 1.807) is 12.1 Å². The Hall–Kier alpha value is -1.82. The number of hydrogen-bond acceptors (Lipinski definition) is 4. The molecule has 1 aromatic rings. The van der Waals surface area contributed by atoms with Gasteiger partial charge in [0.25, 0.3) is 0 Å². The second-order valence-electron chi connectivity index (χ2n) is 4.26. The molecule has 1 saturated heterocycles. The third-order valence-corrected chi connectivity index (χ3v) is 3.92. The molecule has 0 bridgehead atoms. The van der Waals surface area contributed by atoms with Gasteiger partial charge in [0.15, 0.2) is 0 Å². The number of imide groups is 1. The van der Waals surface area contributed by atoms with Gasteiger partial charge in [-0.2, -0.15) is 0 Å². The maximum atomic E-state index is 11.6. The molecular weight excluding hydrogens is 264 g/mol. The average molecular weight is 278 g/mol. The number of anilines is 1. The van der Waals surface area contributed by atoms with E-state index in [0.29, 0.717) is 12.8 Å². The minimum atomic E-state index is -0.232. The highest BCUT2D eigenvalue weighted by molar-refractivity contribution is 8.00. The standard InChI is InChI=1S/C13H14N2O3S/c1-8(16)14-9-2-4-10(5-3-9)19-11-6-7-12(17)15-13(11)18/h2-5,11H,6-7H2,1H3,(H,14,16)(H,15,17,18)/t11-/m0/s1. The van der Waals surface area contributed by atoms with Crippen molar-refractivity contribution in [2.24, 2.45) is 0 Å². The Morgan fingerprint density at radius 2 is 2.00 bits per heavy atom. The van der Waals surface area contributed by atoms with Crippen molar-refractivity contribution >= 4 is 35.2 Å². The van der Waals surface area contributed by atoms with Crippen LogP contribution in [0.1, 0.15) is 19.8 Å². The van der Waals surface area contributed by atoms with E-state index in [9.17, 15) is 14.4 Å². The van der Waals surface area contributed by atoms with Crippen LogP contribution in [0.2, 0.25) is 0 Å². The van der Waals surface area contributed by atoms with Crippen molar-refractivity contribution in [3.63, 3.8) is 0 Å². The van der Waals surface area contributed by atoms with Crippen molar-refractivity contribution in [2.75, 3.05) is 5.32 Å². The minimum Gasteiger partial charge on any atom is -0.326 e. The first kappa shape index (κ1) is 13.6. The number of piperidine rings is 1. The molecule has 2 rings (SSSR count). The van der Waals surface area contributed by atoms with E-state index in [1.807, 2.05) is 12.1 Å².